The highest BCUT2D eigenvalue weighted by atomic mass is 35.5. The summed E-state index contributed by atoms with van der Waals surface area (Å²) in [5.41, 5.74) is -9.97. The summed E-state index contributed by atoms with van der Waals surface area (Å²) in [5, 5.41) is 28.5. The highest BCUT2D eigenvalue weighted by molar-refractivity contribution is 6.33. The lowest BCUT2D eigenvalue weighted by molar-refractivity contribution is -0.156. The average molecular weight is 1630 g/mol. The van der Waals surface area contributed by atoms with Gasteiger partial charge in [-0.2, -0.15) is 39.5 Å². The molecular formula is C81H90Cl3F9O18. The normalized spacial score (nSPS) is 15.2. The minimum absolute atomic E-state index is 0.0162. The van der Waals surface area contributed by atoms with E-state index in [1.165, 1.54) is 57.2 Å². The summed E-state index contributed by atoms with van der Waals surface area (Å²) in [6.07, 6.45) is -7.14. The molecule has 0 bridgehead atoms. The second kappa shape index (κ2) is 37.0. The van der Waals surface area contributed by atoms with Gasteiger partial charge >= 0.3 is 36.4 Å². The van der Waals surface area contributed by atoms with E-state index in [-0.39, 0.29) is 92.7 Å². The molecule has 18 nitrogen and oxygen atoms in total. The largest absolute Gasteiger partial charge is 0.493 e. The van der Waals surface area contributed by atoms with Crippen molar-refractivity contribution in [3.8, 4) is 69.0 Å². The zero-order chi connectivity index (χ0) is 82.3. The number of carboxylic acid groups (broad SMARTS) is 3. The molecule has 0 spiro atoms. The van der Waals surface area contributed by atoms with E-state index in [4.69, 9.17) is 91.6 Å². The van der Waals surface area contributed by atoms with Crippen LogP contribution in [0.15, 0.2) is 127 Å². The Kier molecular flexibility index (Phi) is 29.6. The molecule has 0 unspecified atom stereocenters. The Labute approximate surface area is 653 Å². The van der Waals surface area contributed by atoms with Crippen LogP contribution < -0.4 is 56.8 Å². The second-order valence-corrected chi connectivity index (χ2v) is 28.4. The van der Waals surface area contributed by atoms with Gasteiger partial charge in [0.05, 0.1) is 58.2 Å². The Hall–Kier alpha value is -9.21. The lowest BCUT2D eigenvalue weighted by atomic mass is 9.88. The van der Waals surface area contributed by atoms with Gasteiger partial charge in [-0.1, -0.05) is 83.3 Å². The quantitative estimate of drug-likeness (QED) is 0.0257. The van der Waals surface area contributed by atoms with E-state index in [9.17, 15) is 69.2 Å². The standard InChI is InChI=1S/C28H32ClF3O6.C27H30ClF3O6.C26H28ClF3O6/c1-5-26(4,25(33)34)37-19-11-9-18(10-12-19)35-13-8-14-36-24-16-23-20(15-22(24)29)21(28(30,31)32)17-27(6-2,7-3)38-23;1-5-26(6-2,24(32)33)36-18-10-8-17(9-11-18)34-12-7-13-35-23-15-22-19(14-21(23)28)20(27(29,30)31)16-25(3,4)37-22;1-5-25(6-2,23(31)32)35-17-9-7-16(8-10-17)33-11-12-34-22-14-21-18(13-20(22)27)19(26(28,29)30)15-24(3,4)36-21/h9-12,15-17H,5-8,13-14H2,1-4H3,(H,33,34);8-11,14-16H,5-7,12-13H2,1-4H3,(H,32,33);7-10,13-15H,5-6,11-12H2,1-4H3,(H,31,32)/t26-;;/m1../s1. The number of benzene rings is 6. The smallest absolute Gasteiger partial charge is 0.416 e. The fourth-order valence-electron chi connectivity index (χ4n) is 11.6. The van der Waals surface area contributed by atoms with Gasteiger partial charge in [0.1, 0.15) is 99.0 Å². The van der Waals surface area contributed by atoms with Crippen LogP contribution in [0.3, 0.4) is 0 Å². The molecule has 3 aliphatic rings. The number of hydrogen-bond acceptors (Lipinski definition) is 15. The zero-order valence-electron chi connectivity index (χ0n) is 63.2. The van der Waals surface area contributed by atoms with Crippen LogP contribution >= 0.6 is 34.8 Å². The Bertz CT molecular complexity index is 4280. The summed E-state index contributed by atoms with van der Waals surface area (Å²) < 4.78 is 191. The van der Waals surface area contributed by atoms with E-state index in [2.05, 4.69) is 0 Å². The van der Waals surface area contributed by atoms with Crippen molar-refractivity contribution >= 4 is 69.4 Å². The molecule has 111 heavy (non-hydrogen) atoms. The Balaban J connectivity index is 0.000000231. The number of halogens is 12. The van der Waals surface area contributed by atoms with Crippen LogP contribution in [0.2, 0.25) is 15.1 Å². The van der Waals surface area contributed by atoms with Crippen LogP contribution in [-0.4, -0.2) is 125 Å². The lowest BCUT2D eigenvalue weighted by Crippen LogP contribution is -2.43. The number of allylic oxidation sites excluding steroid dienone is 3. The molecule has 30 heteroatoms. The van der Waals surface area contributed by atoms with E-state index < -0.39 is 86.8 Å². The van der Waals surface area contributed by atoms with Gasteiger partial charge in [-0.05, 0) is 189 Å². The van der Waals surface area contributed by atoms with Crippen LogP contribution in [0.4, 0.5) is 39.5 Å². The number of carbonyl (C=O) groups is 3. The van der Waals surface area contributed by atoms with E-state index in [0.29, 0.717) is 105 Å². The fraction of sp³-hybridized carbons (Fsp3) is 0.444. The highest BCUT2D eigenvalue weighted by Crippen LogP contribution is 2.52. The summed E-state index contributed by atoms with van der Waals surface area (Å²) in [6.45, 7) is 21.2. The third-order valence-electron chi connectivity index (χ3n) is 18.4. The van der Waals surface area contributed by atoms with Crippen molar-refractivity contribution in [3.05, 3.63) is 159 Å². The van der Waals surface area contributed by atoms with Crippen molar-refractivity contribution < 1.29 is 126 Å². The molecule has 0 saturated heterocycles. The summed E-state index contributed by atoms with van der Waals surface area (Å²) >= 11 is 18.7. The van der Waals surface area contributed by atoms with Gasteiger partial charge in [0.15, 0.2) is 0 Å². The first-order valence-corrected chi connectivity index (χ1v) is 36.9. The summed E-state index contributed by atoms with van der Waals surface area (Å²) in [4.78, 5) is 34.6. The number of alkyl halides is 9. The van der Waals surface area contributed by atoms with Gasteiger partial charge in [-0.25, -0.2) is 14.4 Å². The van der Waals surface area contributed by atoms with E-state index in [1.54, 1.807) is 135 Å². The highest BCUT2D eigenvalue weighted by Gasteiger charge is 2.47. The van der Waals surface area contributed by atoms with Crippen molar-refractivity contribution in [2.75, 3.05) is 39.6 Å². The molecule has 0 aliphatic carbocycles. The molecule has 3 N–H and O–H groups in total. The molecule has 6 aromatic rings. The van der Waals surface area contributed by atoms with E-state index in [0.717, 1.165) is 18.2 Å². The van der Waals surface area contributed by atoms with E-state index in [1.807, 2.05) is 0 Å². The first-order chi connectivity index (χ1) is 52.0. The third kappa shape index (κ3) is 23.2. The monoisotopic (exact) mass is 1630 g/mol. The lowest BCUT2D eigenvalue weighted by Gasteiger charge is -2.36. The van der Waals surface area contributed by atoms with Crippen molar-refractivity contribution in [1.82, 2.24) is 0 Å². The van der Waals surface area contributed by atoms with Gasteiger partial charge in [0, 0.05) is 47.7 Å². The maximum absolute atomic E-state index is 13.8. The topological polar surface area (TPSA) is 223 Å². The second-order valence-electron chi connectivity index (χ2n) is 27.2. The predicted molar refractivity (Wildman–Crippen MR) is 401 cm³/mol. The third-order valence-corrected chi connectivity index (χ3v) is 19.3. The maximum Gasteiger partial charge on any atom is 0.416 e. The van der Waals surface area contributed by atoms with E-state index >= 15 is 0 Å². The van der Waals surface area contributed by atoms with Crippen molar-refractivity contribution in [3.63, 3.8) is 0 Å². The Morgan fingerprint density at radius 2 is 0.658 bits per heavy atom. The Morgan fingerprint density at radius 1 is 0.378 bits per heavy atom. The molecule has 0 fully saturated rings. The summed E-state index contributed by atoms with van der Waals surface area (Å²) in [6, 6.07) is 27.5. The van der Waals surface area contributed by atoms with Gasteiger partial charge in [-0.15, -0.1) is 0 Å². The predicted octanol–water partition coefficient (Wildman–Crippen LogP) is 22.0. The minimum Gasteiger partial charge on any atom is -0.493 e. The fourth-order valence-corrected chi connectivity index (χ4v) is 12.3. The van der Waals surface area contributed by atoms with Crippen molar-refractivity contribution in [1.29, 1.82) is 0 Å². The molecule has 0 amide bonds. The molecule has 606 valence electrons. The number of aliphatic carboxylic acids is 3. The van der Waals surface area contributed by atoms with Crippen molar-refractivity contribution in [2.45, 2.75) is 193 Å². The first kappa shape index (κ1) is 89.0. The first-order valence-electron chi connectivity index (χ1n) is 35.8. The number of fused-ring (bicyclic) bond motifs is 3. The van der Waals surface area contributed by atoms with Gasteiger partial charge < -0.3 is 72.2 Å². The molecule has 1 atom stereocenters. The summed E-state index contributed by atoms with van der Waals surface area (Å²) in [7, 11) is 0. The molecule has 0 radical (unpaired) electrons. The van der Waals surface area contributed by atoms with Gasteiger partial charge in [0.2, 0.25) is 16.8 Å². The molecule has 3 heterocycles. The molecule has 3 aliphatic heterocycles. The van der Waals surface area contributed by atoms with Crippen LogP contribution in [0.5, 0.6) is 69.0 Å². The zero-order valence-corrected chi connectivity index (χ0v) is 65.5. The number of hydrogen-bond donors (Lipinski definition) is 3. The molecule has 9 rings (SSSR count). The summed E-state index contributed by atoms with van der Waals surface area (Å²) in [5.74, 6) is 0.586. The SMILES string of the molecule is CCC(CC)(Oc1ccc(OCCCOc2cc3c(cc2Cl)C(C(F)(F)F)=CC(C)(C)O3)cc1)C(=O)O.CCC(CC)(Oc1ccc(OCCOc2cc3c(cc2Cl)C(C(F)(F)F)=CC(C)(C)O3)cc1)C(=O)O.CCC1(CC)C=C(C(F)(F)F)c2cc(Cl)c(OCCCOc3ccc(O[C@](C)(CC)C(=O)O)cc3)cc2O1. The van der Waals surface area contributed by atoms with Crippen LogP contribution in [0.25, 0.3) is 16.7 Å². The number of carboxylic acids is 3. The van der Waals surface area contributed by atoms with Crippen molar-refractivity contribution in [2.24, 2.45) is 0 Å². The maximum atomic E-state index is 13.8. The van der Waals surface area contributed by atoms with Crippen LogP contribution in [0, 0.1) is 0 Å². The van der Waals surface area contributed by atoms with Crippen LogP contribution in [-0.2, 0) is 14.4 Å². The Morgan fingerprint density at radius 3 is 0.955 bits per heavy atom. The van der Waals surface area contributed by atoms with Gasteiger partial charge in [0.25, 0.3) is 0 Å². The molecule has 6 aromatic carbocycles. The molecular weight excluding hydrogens is 1540 g/mol. The van der Waals surface area contributed by atoms with Crippen LogP contribution in [0.1, 0.15) is 158 Å². The molecule has 0 aromatic heterocycles. The molecule has 0 saturated carbocycles. The van der Waals surface area contributed by atoms with Gasteiger partial charge in [-0.3, -0.25) is 0 Å². The number of ether oxygens (including phenoxy) is 12. The number of rotatable bonds is 33. The minimum atomic E-state index is -4.56. The average Bonchev–Trinajstić information content (AvgIpc) is 0.766.